The number of likely N-dealkylation sites (tertiary alicyclic amines) is 1. The third kappa shape index (κ3) is 3.51. The van der Waals surface area contributed by atoms with Gasteiger partial charge in [-0.2, -0.15) is 0 Å². The van der Waals surface area contributed by atoms with Crippen LogP contribution in [0.25, 0.3) is 0 Å². The fourth-order valence-corrected chi connectivity index (χ4v) is 3.58. The molecule has 8 heteroatoms. The van der Waals surface area contributed by atoms with E-state index in [1.807, 2.05) is 6.92 Å². The molecule has 27 heavy (non-hydrogen) atoms. The molecule has 144 valence electrons. The van der Waals surface area contributed by atoms with Gasteiger partial charge in [-0.1, -0.05) is 6.92 Å². The van der Waals surface area contributed by atoms with E-state index in [-0.39, 0.29) is 17.6 Å². The molecule has 8 nitrogen and oxygen atoms in total. The third-order valence-electron chi connectivity index (χ3n) is 5.10. The highest BCUT2D eigenvalue weighted by molar-refractivity contribution is 6.53. The van der Waals surface area contributed by atoms with Gasteiger partial charge in [-0.05, 0) is 49.9 Å². The summed E-state index contributed by atoms with van der Waals surface area (Å²) in [4.78, 5) is 53.2. The van der Waals surface area contributed by atoms with Gasteiger partial charge in [-0.25, -0.2) is 14.6 Å². The molecule has 0 aliphatic carbocycles. The molecule has 2 heterocycles. The number of piperidine rings is 1. The summed E-state index contributed by atoms with van der Waals surface area (Å²) in [5, 5.41) is 0. The average Bonchev–Trinajstić information content (AvgIpc) is 2.91. The van der Waals surface area contributed by atoms with Gasteiger partial charge < -0.3 is 9.64 Å². The van der Waals surface area contributed by atoms with Crippen LogP contribution < -0.4 is 9.64 Å². The highest BCUT2D eigenvalue weighted by atomic mass is 16.5. The second-order valence-electron chi connectivity index (χ2n) is 6.66. The van der Waals surface area contributed by atoms with E-state index in [0.717, 1.165) is 35.5 Å². The van der Waals surface area contributed by atoms with Crippen molar-refractivity contribution in [2.45, 2.75) is 38.6 Å². The molecule has 0 spiro atoms. The molecule has 5 amide bonds. The lowest BCUT2D eigenvalue weighted by atomic mass is 10.00. The second kappa shape index (κ2) is 7.77. The molecule has 2 aliphatic heterocycles. The predicted octanol–water partition coefficient (Wildman–Crippen LogP) is 1.78. The maximum Gasteiger partial charge on any atom is 0.339 e. The van der Waals surface area contributed by atoms with Crippen LogP contribution in [0.4, 0.5) is 10.5 Å². The monoisotopic (exact) mass is 373 g/mol. The van der Waals surface area contributed by atoms with Crippen LogP contribution in [0.3, 0.4) is 0 Å². The van der Waals surface area contributed by atoms with Crippen molar-refractivity contribution in [3.05, 3.63) is 24.3 Å². The Balaban J connectivity index is 1.76. The number of carbonyl (C=O) groups is 4. The highest BCUT2D eigenvalue weighted by Gasteiger charge is 2.46. The molecular formula is C19H23N3O5. The molecule has 1 aromatic carbocycles. The van der Waals surface area contributed by atoms with Crippen molar-refractivity contribution in [3.8, 4) is 5.75 Å². The maximum absolute atomic E-state index is 12.7. The van der Waals surface area contributed by atoms with Crippen molar-refractivity contribution < 1.29 is 23.9 Å². The summed E-state index contributed by atoms with van der Waals surface area (Å²) < 4.78 is 5.05. The van der Waals surface area contributed by atoms with Crippen molar-refractivity contribution in [2.24, 2.45) is 0 Å². The zero-order valence-electron chi connectivity index (χ0n) is 15.5. The molecule has 3 rings (SSSR count). The van der Waals surface area contributed by atoms with E-state index in [1.54, 1.807) is 17.0 Å². The van der Waals surface area contributed by atoms with Gasteiger partial charge in [0.15, 0.2) is 0 Å². The Morgan fingerprint density at radius 1 is 1.11 bits per heavy atom. The van der Waals surface area contributed by atoms with E-state index in [1.165, 1.54) is 19.2 Å². The van der Waals surface area contributed by atoms with Crippen LogP contribution in [0, 0.1) is 0 Å². The Hall–Kier alpha value is -2.90. The number of carbonyl (C=O) groups excluding carboxylic acids is 4. The van der Waals surface area contributed by atoms with Crippen molar-refractivity contribution in [1.29, 1.82) is 0 Å². The molecule has 0 radical (unpaired) electrons. The minimum atomic E-state index is -0.978. The second-order valence-corrected chi connectivity index (χ2v) is 6.66. The molecule has 1 aromatic rings. The van der Waals surface area contributed by atoms with E-state index < -0.39 is 24.4 Å². The zero-order chi connectivity index (χ0) is 19.6. The van der Waals surface area contributed by atoms with Crippen LogP contribution in [-0.4, -0.2) is 59.8 Å². The topological polar surface area (TPSA) is 87.2 Å². The number of amides is 5. The Morgan fingerprint density at radius 3 is 2.44 bits per heavy atom. The standard InChI is InChI=1S/C19H23N3O5/c1-3-13-6-4-5-11-20(13)16(23)12-21-17(24)18(25)22(19(21)26)14-7-9-15(27-2)10-8-14/h7-10,13H,3-6,11-12H2,1-2H3. The first-order valence-corrected chi connectivity index (χ1v) is 9.11. The first kappa shape index (κ1) is 18.9. The fraction of sp³-hybridized carbons (Fsp3) is 0.474. The highest BCUT2D eigenvalue weighted by Crippen LogP contribution is 2.25. The van der Waals surface area contributed by atoms with E-state index in [0.29, 0.717) is 12.3 Å². The van der Waals surface area contributed by atoms with Gasteiger partial charge in [0.1, 0.15) is 12.3 Å². The van der Waals surface area contributed by atoms with Gasteiger partial charge in [0.2, 0.25) is 5.91 Å². The Bertz CT molecular complexity index is 761. The molecule has 0 bridgehead atoms. The molecule has 0 N–H and O–H groups in total. The Labute approximate surface area is 157 Å². The van der Waals surface area contributed by atoms with Crippen LogP contribution in [0.5, 0.6) is 5.75 Å². The number of ether oxygens (including phenoxy) is 1. The molecule has 1 atom stereocenters. The van der Waals surface area contributed by atoms with Gasteiger partial charge >= 0.3 is 17.8 Å². The Morgan fingerprint density at radius 2 is 1.81 bits per heavy atom. The van der Waals surface area contributed by atoms with Crippen molar-refractivity contribution in [3.63, 3.8) is 0 Å². The van der Waals surface area contributed by atoms with Crippen molar-refractivity contribution in [1.82, 2.24) is 9.80 Å². The predicted molar refractivity (Wildman–Crippen MR) is 97.2 cm³/mol. The first-order chi connectivity index (χ1) is 13.0. The van der Waals surface area contributed by atoms with Crippen LogP contribution in [0.2, 0.25) is 0 Å². The molecule has 0 saturated carbocycles. The quantitative estimate of drug-likeness (QED) is 0.580. The van der Waals surface area contributed by atoms with Crippen LogP contribution in [-0.2, 0) is 14.4 Å². The number of benzene rings is 1. The van der Waals surface area contributed by atoms with Crippen LogP contribution in [0.15, 0.2) is 24.3 Å². The summed E-state index contributed by atoms with van der Waals surface area (Å²) in [6, 6.07) is 5.54. The largest absolute Gasteiger partial charge is 0.497 e. The number of imide groups is 2. The van der Waals surface area contributed by atoms with E-state index in [2.05, 4.69) is 0 Å². The number of anilines is 1. The third-order valence-corrected chi connectivity index (χ3v) is 5.10. The zero-order valence-corrected chi connectivity index (χ0v) is 15.5. The molecule has 1 unspecified atom stereocenters. The van der Waals surface area contributed by atoms with Gasteiger partial charge in [-0.15, -0.1) is 0 Å². The summed E-state index contributed by atoms with van der Waals surface area (Å²) in [7, 11) is 1.50. The summed E-state index contributed by atoms with van der Waals surface area (Å²) in [5.41, 5.74) is 0.263. The minimum absolute atomic E-state index is 0.118. The molecule has 0 aromatic heterocycles. The van der Waals surface area contributed by atoms with E-state index in [9.17, 15) is 19.2 Å². The van der Waals surface area contributed by atoms with Gasteiger partial charge in [0.05, 0.1) is 12.8 Å². The number of nitrogens with zero attached hydrogens (tertiary/aromatic N) is 3. The number of rotatable bonds is 5. The average molecular weight is 373 g/mol. The first-order valence-electron chi connectivity index (χ1n) is 9.11. The maximum atomic E-state index is 12.7. The number of methoxy groups -OCH3 is 1. The minimum Gasteiger partial charge on any atom is -0.497 e. The van der Waals surface area contributed by atoms with Gasteiger partial charge in [0, 0.05) is 12.6 Å². The van der Waals surface area contributed by atoms with Gasteiger partial charge in [-0.3, -0.25) is 14.4 Å². The lowest BCUT2D eigenvalue weighted by molar-refractivity contribution is -0.143. The van der Waals surface area contributed by atoms with Crippen molar-refractivity contribution in [2.75, 3.05) is 25.1 Å². The normalized spacial score (nSPS) is 20.4. The van der Waals surface area contributed by atoms with Crippen LogP contribution in [0.1, 0.15) is 32.6 Å². The number of hydrogen-bond donors (Lipinski definition) is 0. The lowest BCUT2D eigenvalue weighted by Crippen LogP contribution is -2.49. The molecule has 2 aliphatic rings. The molecular weight excluding hydrogens is 350 g/mol. The van der Waals surface area contributed by atoms with Crippen LogP contribution >= 0.6 is 0 Å². The van der Waals surface area contributed by atoms with Gasteiger partial charge in [0.25, 0.3) is 0 Å². The smallest absolute Gasteiger partial charge is 0.339 e. The molecule has 2 fully saturated rings. The van der Waals surface area contributed by atoms with E-state index >= 15 is 0 Å². The summed E-state index contributed by atoms with van der Waals surface area (Å²) in [5.74, 6) is -1.67. The Kier molecular flexibility index (Phi) is 5.43. The van der Waals surface area contributed by atoms with E-state index in [4.69, 9.17) is 4.74 Å². The lowest BCUT2D eigenvalue weighted by Gasteiger charge is -2.35. The van der Waals surface area contributed by atoms with Crippen molar-refractivity contribution >= 4 is 29.4 Å². The number of hydrogen-bond acceptors (Lipinski definition) is 5. The molecule has 2 saturated heterocycles. The summed E-state index contributed by atoms with van der Waals surface area (Å²) in [6.45, 7) is 2.22. The summed E-state index contributed by atoms with van der Waals surface area (Å²) in [6.07, 6.45) is 3.71. The fourth-order valence-electron chi connectivity index (χ4n) is 3.58. The number of urea groups is 1. The SMILES string of the molecule is CCC1CCCCN1C(=O)CN1C(=O)C(=O)N(c2ccc(OC)cc2)C1=O. The summed E-state index contributed by atoms with van der Waals surface area (Å²) >= 11 is 0.